The minimum atomic E-state index is -0.347. The summed E-state index contributed by atoms with van der Waals surface area (Å²) in [5.41, 5.74) is 2.56. The lowest BCUT2D eigenvalue weighted by Crippen LogP contribution is -2.14. The number of aromatic nitrogens is 4. The van der Waals surface area contributed by atoms with Crippen molar-refractivity contribution in [1.29, 1.82) is 0 Å². The Labute approximate surface area is 117 Å². The molecule has 2 rings (SSSR count). The molecule has 0 radical (unpaired) electrons. The monoisotopic (exact) mass is 274 g/mol. The Hall–Kier alpha value is -2.24. The summed E-state index contributed by atoms with van der Waals surface area (Å²) in [6, 6.07) is 3.62. The van der Waals surface area contributed by atoms with Crippen molar-refractivity contribution in [2.45, 2.75) is 33.6 Å². The van der Waals surface area contributed by atoms with Crippen LogP contribution < -0.4 is 0 Å². The van der Waals surface area contributed by atoms with E-state index in [-0.39, 0.29) is 11.9 Å². The van der Waals surface area contributed by atoms with Crippen LogP contribution in [0.1, 0.15) is 36.7 Å². The summed E-state index contributed by atoms with van der Waals surface area (Å²) >= 11 is 0. The summed E-state index contributed by atoms with van der Waals surface area (Å²) in [5, 5.41) is 12.3. The molecule has 0 bridgehead atoms. The third kappa shape index (κ3) is 2.54. The van der Waals surface area contributed by atoms with Crippen molar-refractivity contribution in [3.05, 3.63) is 35.3 Å². The smallest absolute Gasteiger partial charge is 0.313 e. The molecule has 0 aliphatic heterocycles. The minimum absolute atomic E-state index is 0.239. The fourth-order valence-electron chi connectivity index (χ4n) is 2.30. The summed E-state index contributed by atoms with van der Waals surface area (Å²) in [6.45, 7) is 7.80. The van der Waals surface area contributed by atoms with Gasteiger partial charge in [-0.3, -0.25) is 4.79 Å². The zero-order valence-corrected chi connectivity index (χ0v) is 12.1. The van der Waals surface area contributed by atoms with Crippen LogP contribution in [0.3, 0.4) is 0 Å². The van der Waals surface area contributed by atoms with E-state index in [9.17, 15) is 4.79 Å². The minimum Gasteiger partial charge on any atom is -0.466 e. The molecule has 0 saturated carbocycles. The van der Waals surface area contributed by atoms with Gasteiger partial charge in [-0.15, -0.1) is 5.10 Å². The summed E-state index contributed by atoms with van der Waals surface area (Å²) in [5.74, 6) is 0.0492. The van der Waals surface area contributed by atoms with E-state index in [2.05, 4.69) is 15.3 Å². The highest BCUT2D eigenvalue weighted by Crippen LogP contribution is 2.25. The largest absolute Gasteiger partial charge is 0.466 e. The third-order valence-electron chi connectivity index (χ3n) is 3.20. The number of aryl methyl sites for hydroxylation is 1. The van der Waals surface area contributed by atoms with Crippen LogP contribution in [-0.2, 0) is 9.53 Å². The van der Waals surface area contributed by atoms with Crippen molar-refractivity contribution in [3.8, 4) is 5.82 Å². The maximum absolute atomic E-state index is 11.9. The van der Waals surface area contributed by atoms with E-state index in [1.165, 1.54) is 0 Å². The van der Waals surface area contributed by atoms with Crippen LogP contribution in [0.25, 0.3) is 5.82 Å². The van der Waals surface area contributed by atoms with Gasteiger partial charge in [-0.25, -0.2) is 4.68 Å². The highest BCUT2D eigenvalue weighted by atomic mass is 16.5. The van der Waals surface area contributed by atoms with Gasteiger partial charge in [0.15, 0.2) is 5.82 Å². The first-order valence-corrected chi connectivity index (χ1v) is 6.57. The van der Waals surface area contributed by atoms with Crippen LogP contribution in [0.5, 0.6) is 0 Å². The Bertz CT molecular complexity index is 607. The molecule has 0 aliphatic carbocycles. The van der Waals surface area contributed by atoms with E-state index < -0.39 is 0 Å². The van der Waals surface area contributed by atoms with E-state index >= 15 is 0 Å². The van der Waals surface area contributed by atoms with Gasteiger partial charge < -0.3 is 4.74 Å². The first kappa shape index (κ1) is 14.2. The lowest BCUT2D eigenvalue weighted by molar-refractivity contribution is -0.144. The van der Waals surface area contributed by atoms with Gasteiger partial charge in [-0.2, -0.15) is 10.2 Å². The lowest BCUT2D eigenvalue weighted by atomic mass is 9.99. The van der Waals surface area contributed by atoms with Crippen LogP contribution in [-0.4, -0.2) is 32.6 Å². The van der Waals surface area contributed by atoms with Crippen molar-refractivity contribution < 1.29 is 9.53 Å². The molecule has 6 nitrogen and oxygen atoms in total. The second-order valence-corrected chi connectivity index (χ2v) is 4.55. The average Bonchev–Trinajstić information content (AvgIpc) is 2.74. The predicted octanol–water partition coefficient (Wildman–Crippen LogP) is 1.95. The first-order valence-electron chi connectivity index (χ1n) is 6.57. The van der Waals surface area contributed by atoms with Gasteiger partial charge in [-0.05, 0) is 39.8 Å². The molecule has 0 fully saturated rings. The van der Waals surface area contributed by atoms with E-state index in [1.54, 1.807) is 23.9 Å². The number of ether oxygens (including phenoxy) is 1. The molecule has 20 heavy (non-hydrogen) atoms. The molecule has 2 aromatic heterocycles. The molecule has 0 aromatic carbocycles. The lowest BCUT2D eigenvalue weighted by Gasteiger charge is -2.11. The standard InChI is InChI=1S/C14H18N4O2/c1-5-20-14(19)9(2)13-10(3)17-18(11(13)4)12-7-6-8-15-16-12/h6-9H,5H2,1-4H3. The fraction of sp³-hybridized carbons (Fsp3) is 0.429. The van der Waals surface area contributed by atoms with E-state index in [4.69, 9.17) is 4.74 Å². The average molecular weight is 274 g/mol. The molecular formula is C14H18N4O2. The highest BCUT2D eigenvalue weighted by molar-refractivity contribution is 5.78. The van der Waals surface area contributed by atoms with Crippen LogP contribution in [0.15, 0.2) is 18.3 Å². The van der Waals surface area contributed by atoms with Crippen LogP contribution in [0.4, 0.5) is 0 Å². The van der Waals surface area contributed by atoms with Gasteiger partial charge in [0.05, 0.1) is 18.2 Å². The maximum atomic E-state index is 11.9. The third-order valence-corrected chi connectivity index (χ3v) is 3.20. The van der Waals surface area contributed by atoms with Gasteiger partial charge in [0, 0.05) is 17.5 Å². The molecule has 0 amide bonds. The van der Waals surface area contributed by atoms with E-state index in [0.29, 0.717) is 12.4 Å². The molecule has 106 valence electrons. The molecule has 6 heteroatoms. The number of hydrogen-bond acceptors (Lipinski definition) is 5. The molecular weight excluding hydrogens is 256 g/mol. The molecule has 2 aromatic rings. The summed E-state index contributed by atoms with van der Waals surface area (Å²) in [4.78, 5) is 11.9. The first-order chi connectivity index (χ1) is 9.56. The number of esters is 1. The van der Waals surface area contributed by atoms with Crippen molar-refractivity contribution >= 4 is 5.97 Å². The zero-order valence-electron chi connectivity index (χ0n) is 12.1. The van der Waals surface area contributed by atoms with Crippen molar-refractivity contribution in [1.82, 2.24) is 20.0 Å². The molecule has 0 N–H and O–H groups in total. The van der Waals surface area contributed by atoms with E-state index in [0.717, 1.165) is 17.0 Å². The van der Waals surface area contributed by atoms with Gasteiger partial charge in [0.2, 0.25) is 0 Å². The summed E-state index contributed by atoms with van der Waals surface area (Å²) in [6.07, 6.45) is 1.61. The van der Waals surface area contributed by atoms with Gasteiger partial charge in [0.25, 0.3) is 0 Å². The normalized spacial score (nSPS) is 12.2. The molecule has 2 heterocycles. The number of rotatable bonds is 4. The van der Waals surface area contributed by atoms with Crippen LogP contribution in [0.2, 0.25) is 0 Å². The second-order valence-electron chi connectivity index (χ2n) is 4.55. The van der Waals surface area contributed by atoms with Gasteiger partial charge >= 0.3 is 5.97 Å². The molecule has 0 saturated heterocycles. The Morgan fingerprint density at radius 1 is 1.45 bits per heavy atom. The fourth-order valence-corrected chi connectivity index (χ4v) is 2.30. The van der Waals surface area contributed by atoms with Crippen molar-refractivity contribution in [2.24, 2.45) is 0 Å². The maximum Gasteiger partial charge on any atom is 0.313 e. The van der Waals surface area contributed by atoms with Crippen LogP contribution in [0, 0.1) is 13.8 Å². The number of hydrogen-bond donors (Lipinski definition) is 0. The zero-order chi connectivity index (χ0) is 14.7. The van der Waals surface area contributed by atoms with Crippen LogP contribution >= 0.6 is 0 Å². The summed E-state index contributed by atoms with van der Waals surface area (Å²) < 4.78 is 6.78. The number of nitrogens with zero attached hydrogens (tertiary/aromatic N) is 4. The Morgan fingerprint density at radius 3 is 2.80 bits per heavy atom. The van der Waals surface area contributed by atoms with Crippen molar-refractivity contribution in [2.75, 3.05) is 6.61 Å². The van der Waals surface area contributed by atoms with Gasteiger partial charge in [0.1, 0.15) is 0 Å². The Balaban J connectivity index is 2.42. The summed E-state index contributed by atoms with van der Waals surface area (Å²) in [7, 11) is 0. The molecule has 0 spiro atoms. The number of carbonyl (C=O) groups is 1. The molecule has 0 aliphatic rings. The predicted molar refractivity (Wildman–Crippen MR) is 73.7 cm³/mol. The topological polar surface area (TPSA) is 69.9 Å². The van der Waals surface area contributed by atoms with E-state index in [1.807, 2.05) is 26.8 Å². The highest BCUT2D eigenvalue weighted by Gasteiger charge is 2.24. The quantitative estimate of drug-likeness (QED) is 0.797. The Kier molecular flexibility index (Phi) is 4.12. The molecule has 1 atom stereocenters. The second kappa shape index (κ2) is 5.81. The van der Waals surface area contributed by atoms with Gasteiger partial charge in [-0.1, -0.05) is 0 Å². The Morgan fingerprint density at radius 2 is 2.20 bits per heavy atom. The van der Waals surface area contributed by atoms with Crippen molar-refractivity contribution in [3.63, 3.8) is 0 Å². The molecule has 1 unspecified atom stereocenters. The number of carbonyl (C=O) groups excluding carboxylic acids is 1. The SMILES string of the molecule is CCOC(=O)C(C)c1c(C)nn(-c2cccnn2)c1C.